The molecule has 0 aromatic heterocycles. The molecule has 3 nitrogen and oxygen atoms in total. The largest absolute Gasteiger partial charge is 0.316 e. The van der Waals surface area contributed by atoms with E-state index in [0.717, 1.165) is 18.0 Å². The molecule has 2 saturated heterocycles. The molecule has 1 saturated carbocycles. The van der Waals surface area contributed by atoms with Crippen LogP contribution in [0.3, 0.4) is 0 Å². The molecule has 0 radical (unpaired) electrons. The Balaban J connectivity index is 1.30. The van der Waals surface area contributed by atoms with E-state index >= 15 is 0 Å². The predicted molar refractivity (Wildman–Crippen MR) is 66.6 cm³/mol. The Morgan fingerprint density at radius 2 is 2.12 bits per heavy atom. The summed E-state index contributed by atoms with van der Waals surface area (Å²) < 4.78 is 0. The van der Waals surface area contributed by atoms with Gasteiger partial charge in [0.1, 0.15) is 0 Å². The second kappa shape index (κ2) is 5.03. The quantitative estimate of drug-likeness (QED) is 0.722. The molecule has 1 aliphatic carbocycles. The van der Waals surface area contributed by atoms with E-state index in [9.17, 15) is 0 Å². The lowest BCUT2D eigenvalue weighted by atomic mass is 10.1. The van der Waals surface area contributed by atoms with Crippen LogP contribution in [0.4, 0.5) is 0 Å². The molecule has 92 valence electrons. The minimum atomic E-state index is 0.787. The molecule has 3 rings (SSSR count). The Morgan fingerprint density at radius 1 is 1.19 bits per heavy atom. The van der Waals surface area contributed by atoms with Gasteiger partial charge in [0.15, 0.2) is 0 Å². The summed E-state index contributed by atoms with van der Waals surface area (Å²) in [5, 5.41) is 7.20. The maximum Gasteiger partial charge on any atom is 0.0207 e. The number of rotatable bonds is 5. The van der Waals surface area contributed by atoms with Crippen LogP contribution >= 0.6 is 0 Å². The fourth-order valence-corrected chi connectivity index (χ4v) is 3.18. The number of hydrogen-bond acceptors (Lipinski definition) is 3. The van der Waals surface area contributed by atoms with Crippen molar-refractivity contribution in [3.05, 3.63) is 0 Å². The Morgan fingerprint density at radius 3 is 2.88 bits per heavy atom. The summed E-state index contributed by atoms with van der Waals surface area (Å²) in [5.41, 5.74) is 0. The van der Waals surface area contributed by atoms with Crippen LogP contribution in [0.25, 0.3) is 0 Å². The lowest BCUT2D eigenvalue weighted by molar-refractivity contribution is 0.316. The zero-order valence-corrected chi connectivity index (χ0v) is 10.3. The van der Waals surface area contributed by atoms with Gasteiger partial charge in [-0.3, -0.25) is 4.90 Å². The maximum atomic E-state index is 3.75. The van der Waals surface area contributed by atoms with Gasteiger partial charge in [0.25, 0.3) is 0 Å². The van der Waals surface area contributed by atoms with Gasteiger partial charge in [0, 0.05) is 25.2 Å². The topological polar surface area (TPSA) is 27.3 Å². The fourth-order valence-electron chi connectivity index (χ4n) is 3.18. The molecule has 2 N–H and O–H groups in total. The van der Waals surface area contributed by atoms with E-state index in [1.54, 1.807) is 0 Å². The summed E-state index contributed by atoms with van der Waals surface area (Å²) in [7, 11) is 0. The fraction of sp³-hybridized carbons (Fsp3) is 1.00. The van der Waals surface area contributed by atoms with Crippen LogP contribution in [0.5, 0.6) is 0 Å². The molecule has 3 fully saturated rings. The van der Waals surface area contributed by atoms with Crippen molar-refractivity contribution >= 4 is 0 Å². The van der Waals surface area contributed by atoms with Gasteiger partial charge < -0.3 is 10.6 Å². The average molecular weight is 223 g/mol. The van der Waals surface area contributed by atoms with Crippen molar-refractivity contribution in [2.75, 3.05) is 32.7 Å². The molecule has 0 amide bonds. The van der Waals surface area contributed by atoms with Gasteiger partial charge in [-0.1, -0.05) is 0 Å². The third kappa shape index (κ3) is 2.76. The molecule has 0 aromatic rings. The van der Waals surface area contributed by atoms with E-state index in [1.807, 2.05) is 0 Å². The highest BCUT2D eigenvalue weighted by atomic mass is 15.2. The number of nitrogens with zero attached hydrogens (tertiary/aromatic N) is 1. The van der Waals surface area contributed by atoms with Crippen LogP contribution in [0, 0.1) is 5.92 Å². The molecule has 2 unspecified atom stereocenters. The minimum absolute atomic E-state index is 0.787. The first kappa shape index (κ1) is 11.0. The number of nitrogens with one attached hydrogen (secondary N) is 2. The van der Waals surface area contributed by atoms with Gasteiger partial charge in [-0.25, -0.2) is 0 Å². The number of hydrogen-bond donors (Lipinski definition) is 2. The van der Waals surface area contributed by atoms with E-state index in [4.69, 9.17) is 0 Å². The Labute approximate surface area is 99.0 Å². The van der Waals surface area contributed by atoms with E-state index in [2.05, 4.69) is 15.5 Å². The van der Waals surface area contributed by atoms with Gasteiger partial charge in [-0.05, 0) is 57.7 Å². The zero-order valence-electron chi connectivity index (χ0n) is 10.3. The first-order valence-electron chi connectivity index (χ1n) is 7.10. The summed E-state index contributed by atoms with van der Waals surface area (Å²) in [5.74, 6) is 0.938. The van der Waals surface area contributed by atoms with Crippen molar-refractivity contribution in [1.82, 2.24) is 15.5 Å². The van der Waals surface area contributed by atoms with Crippen molar-refractivity contribution in [3.63, 3.8) is 0 Å². The Hall–Kier alpha value is -0.120. The third-order valence-corrected chi connectivity index (χ3v) is 4.43. The Bertz CT molecular complexity index is 221. The lowest BCUT2D eigenvalue weighted by Gasteiger charge is -2.16. The minimum Gasteiger partial charge on any atom is -0.316 e. The summed E-state index contributed by atoms with van der Waals surface area (Å²) in [6, 6.07) is 1.75. The molecule has 2 atom stereocenters. The standard InChI is InChI=1S/C13H25N3/c1-2-13(1)16-8-5-12(10-16)15-7-4-11-3-6-14-9-11/h11-15H,1-10H2. The molecule has 0 bridgehead atoms. The van der Waals surface area contributed by atoms with E-state index in [0.29, 0.717) is 0 Å². The molecule has 2 aliphatic heterocycles. The van der Waals surface area contributed by atoms with Crippen molar-refractivity contribution in [2.45, 2.75) is 44.2 Å². The maximum absolute atomic E-state index is 3.75. The van der Waals surface area contributed by atoms with Crippen LogP contribution in [0.2, 0.25) is 0 Å². The van der Waals surface area contributed by atoms with Crippen molar-refractivity contribution in [1.29, 1.82) is 0 Å². The van der Waals surface area contributed by atoms with E-state index in [1.165, 1.54) is 64.8 Å². The molecule has 3 heteroatoms. The molecule has 3 aliphatic rings. The number of likely N-dealkylation sites (tertiary alicyclic amines) is 1. The van der Waals surface area contributed by atoms with Crippen molar-refractivity contribution < 1.29 is 0 Å². The molecule has 0 spiro atoms. The van der Waals surface area contributed by atoms with Crippen LogP contribution < -0.4 is 10.6 Å². The van der Waals surface area contributed by atoms with E-state index in [-0.39, 0.29) is 0 Å². The normalized spacial score (nSPS) is 36.0. The van der Waals surface area contributed by atoms with Crippen LogP contribution in [-0.2, 0) is 0 Å². The Kier molecular flexibility index (Phi) is 3.46. The molecule has 0 aromatic carbocycles. The highest BCUT2D eigenvalue weighted by molar-refractivity contribution is 4.91. The first-order valence-corrected chi connectivity index (χ1v) is 7.10. The SMILES string of the molecule is C1CC(CCNC2CCN(C3CC3)C2)CN1. The second-order valence-electron chi connectivity index (χ2n) is 5.81. The van der Waals surface area contributed by atoms with Crippen LogP contribution in [-0.4, -0.2) is 49.7 Å². The monoisotopic (exact) mass is 223 g/mol. The van der Waals surface area contributed by atoms with Gasteiger partial charge in [0.2, 0.25) is 0 Å². The molecule has 16 heavy (non-hydrogen) atoms. The van der Waals surface area contributed by atoms with Crippen LogP contribution in [0.15, 0.2) is 0 Å². The molecular weight excluding hydrogens is 198 g/mol. The van der Waals surface area contributed by atoms with Crippen molar-refractivity contribution in [2.24, 2.45) is 5.92 Å². The summed E-state index contributed by atoms with van der Waals surface area (Å²) >= 11 is 0. The average Bonchev–Trinajstić information content (AvgIpc) is 2.83. The molecule has 2 heterocycles. The summed E-state index contributed by atoms with van der Waals surface area (Å²) in [4.78, 5) is 2.69. The molecular formula is C13H25N3. The first-order chi connectivity index (χ1) is 7.92. The van der Waals surface area contributed by atoms with Gasteiger partial charge in [-0.2, -0.15) is 0 Å². The lowest BCUT2D eigenvalue weighted by Crippen LogP contribution is -2.34. The highest BCUT2D eigenvalue weighted by Gasteiger charge is 2.34. The van der Waals surface area contributed by atoms with Gasteiger partial charge in [0.05, 0.1) is 0 Å². The second-order valence-corrected chi connectivity index (χ2v) is 5.81. The van der Waals surface area contributed by atoms with Gasteiger partial charge in [-0.15, -0.1) is 0 Å². The van der Waals surface area contributed by atoms with Crippen LogP contribution in [0.1, 0.15) is 32.1 Å². The van der Waals surface area contributed by atoms with Crippen molar-refractivity contribution in [3.8, 4) is 0 Å². The van der Waals surface area contributed by atoms with E-state index < -0.39 is 0 Å². The third-order valence-electron chi connectivity index (χ3n) is 4.43. The zero-order chi connectivity index (χ0) is 10.8. The highest BCUT2D eigenvalue weighted by Crippen LogP contribution is 2.29. The predicted octanol–water partition coefficient (Wildman–Crippen LogP) is 0.812. The summed E-state index contributed by atoms with van der Waals surface area (Å²) in [6.45, 7) is 6.38. The smallest absolute Gasteiger partial charge is 0.0207 e. The summed E-state index contributed by atoms with van der Waals surface area (Å²) in [6.07, 6.45) is 7.05. The van der Waals surface area contributed by atoms with Gasteiger partial charge >= 0.3 is 0 Å².